The van der Waals surface area contributed by atoms with Crippen molar-refractivity contribution in [2.24, 2.45) is 17.8 Å². The number of ether oxygens (including phenoxy) is 1. The molecule has 140 valence electrons. The highest BCUT2D eigenvalue weighted by Gasteiger charge is 2.42. The minimum atomic E-state index is 0.0563. The molecular weight excluding hydrogens is 328 g/mol. The average molecular weight is 356 g/mol. The molecule has 3 aliphatic rings. The molecule has 1 saturated heterocycles. The van der Waals surface area contributed by atoms with Crippen molar-refractivity contribution in [1.29, 1.82) is 0 Å². The smallest absolute Gasteiger partial charge is 0.225 e. The summed E-state index contributed by atoms with van der Waals surface area (Å²) in [5.74, 6) is 1.93. The second-order valence-electron chi connectivity index (χ2n) is 7.88. The van der Waals surface area contributed by atoms with Crippen molar-refractivity contribution in [1.82, 2.24) is 4.90 Å². The monoisotopic (exact) mass is 356 g/mol. The molecule has 26 heavy (non-hydrogen) atoms. The number of hydrogen-bond donors (Lipinski definition) is 0. The third-order valence-corrected chi connectivity index (χ3v) is 6.41. The van der Waals surface area contributed by atoms with Crippen molar-refractivity contribution in [3.8, 4) is 5.75 Å². The first-order valence-electron chi connectivity index (χ1n) is 9.88. The maximum atomic E-state index is 13.0. The van der Waals surface area contributed by atoms with Gasteiger partial charge < -0.3 is 14.5 Å². The van der Waals surface area contributed by atoms with E-state index in [4.69, 9.17) is 4.74 Å². The van der Waals surface area contributed by atoms with E-state index in [1.54, 1.807) is 7.11 Å². The molecular formula is C21H28N2O3. The first-order valence-corrected chi connectivity index (χ1v) is 9.88. The average Bonchev–Trinajstić information content (AvgIpc) is 2.67. The lowest BCUT2D eigenvalue weighted by Gasteiger charge is -2.41. The number of carbonyl (C=O) groups is 2. The molecule has 1 aromatic carbocycles. The van der Waals surface area contributed by atoms with Crippen LogP contribution in [0.5, 0.6) is 5.75 Å². The van der Waals surface area contributed by atoms with Gasteiger partial charge in [-0.05, 0) is 37.8 Å². The number of amides is 1. The van der Waals surface area contributed by atoms with Crippen molar-refractivity contribution < 1.29 is 14.3 Å². The molecule has 5 heteroatoms. The maximum absolute atomic E-state index is 13.0. The number of fused-ring (bicyclic) bond motifs is 2. The molecule has 2 bridgehead atoms. The predicted octanol–water partition coefficient (Wildman–Crippen LogP) is 2.74. The topological polar surface area (TPSA) is 49.9 Å². The van der Waals surface area contributed by atoms with E-state index in [1.807, 2.05) is 23.1 Å². The fraction of sp³-hybridized carbons (Fsp3) is 0.619. The number of Topliss-reactive ketones (excluding diaryl/α,β-unsaturated/α-hetero) is 1. The molecule has 2 unspecified atom stereocenters. The van der Waals surface area contributed by atoms with Gasteiger partial charge in [-0.1, -0.05) is 18.6 Å². The Morgan fingerprint density at radius 3 is 2.35 bits per heavy atom. The van der Waals surface area contributed by atoms with Crippen LogP contribution in [0.1, 0.15) is 32.1 Å². The van der Waals surface area contributed by atoms with Crippen LogP contribution in [-0.4, -0.2) is 49.9 Å². The first-order chi connectivity index (χ1) is 12.7. The van der Waals surface area contributed by atoms with Gasteiger partial charge in [-0.25, -0.2) is 0 Å². The number of carbonyl (C=O) groups excluding carboxylic acids is 2. The normalized spacial score (nSPS) is 28.8. The summed E-state index contributed by atoms with van der Waals surface area (Å²) in [5, 5.41) is 0. The van der Waals surface area contributed by atoms with Gasteiger partial charge in [0.2, 0.25) is 5.91 Å². The Kier molecular flexibility index (Phi) is 4.88. The summed E-state index contributed by atoms with van der Waals surface area (Å²) in [6, 6.07) is 8.05. The van der Waals surface area contributed by atoms with Crippen molar-refractivity contribution in [3.05, 3.63) is 24.3 Å². The van der Waals surface area contributed by atoms with Crippen LogP contribution in [0.25, 0.3) is 0 Å². The van der Waals surface area contributed by atoms with Gasteiger partial charge >= 0.3 is 0 Å². The molecule has 2 atom stereocenters. The van der Waals surface area contributed by atoms with E-state index >= 15 is 0 Å². The van der Waals surface area contributed by atoms with Gasteiger partial charge in [-0.2, -0.15) is 0 Å². The Hall–Kier alpha value is -2.04. The number of anilines is 1. The molecule has 3 fully saturated rings. The molecule has 1 heterocycles. The molecule has 1 aliphatic heterocycles. The molecule has 2 saturated carbocycles. The lowest BCUT2D eigenvalue weighted by atomic mass is 9.67. The van der Waals surface area contributed by atoms with Crippen LogP contribution < -0.4 is 9.64 Å². The summed E-state index contributed by atoms with van der Waals surface area (Å²) in [5.41, 5.74) is 1.10. The number of hydrogen-bond acceptors (Lipinski definition) is 4. The van der Waals surface area contributed by atoms with Gasteiger partial charge in [0.05, 0.1) is 12.8 Å². The van der Waals surface area contributed by atoms with Gasteiger partial charge in [-0.15, -0.1) is 0 Å². The summed E-state index contributed by atoms with van der Waals surface area (Å²) in [6.07, 6.45) is 4.68. The molecule has 5 nitrogen and oxygen atoms in total. The fourth-order valence-electron chi connectivity index (χ4n) is 5.00. The minimum Gasteiger partial charge on any atom is -0.495 e. The fourth-order valence-corrected chi connectivity index (χ4v) is 5.00. The number of piperazine rings is 1. The highest BCUT2D eigenvalue weighted by Crippen LogP contribution is 2.41. The first kappa shape index (κ1) is 17.4. The second-order valence-corrected chi connectivity index (χ2v) is 7.88. The van der Waals surface area contributed by atoms with E-state index in [1.165, 1.54) is 0 Å². The Morgan fingerprint density at radius 2 is 1.69 bits per heavy atom. The third kappa shape index (κ3) is 3.19. The Balaban J connectivity index is 1.37. The second kappa shape index (κ2) is 7.29. The molecule has 0 aromatic heterocycles. The van der Waals surface area contributed by atoms with Crippen LogP contribution in [0.3, 0.4) is 0 Å². The number of nitrogens with zero attached hydrogens (tertiary/aromatic N) is 2. The molecule has 4 rings (SSSR count). The van der Waals surface area contributed by atoms with Crippen molar-refractivity contribution in [3.63, 3.8) is 0 Å². The number of benzene rings is 1. The van der Waals surface area contributed by atoms with Crippen LogP contribution in [0, 0.1) is 17.8 Å². The van der Waals surface area contributed by atoms with Gasteiger partial charge in [0.25, 0.3) is 0 Å². The van der Waals surface area contributed by atoms with Crippen LogP contribution in [0.2, 0.25) is 0 Å². The van der Waals surface area contributed by atoms with Gasteiger partial charge in [0.1, 0.15) is 11.5 Å². The largest absolute Gasteiger partial charge is 0.495 e. The summed E-state index contributed by atoms with van der Waals surface area (Å²) in [6.45, 7) is 3.14. The third-order valence-electron chi connectivity index (χ3n) is 6.41. The Bertz CT molecular complexity index is 666. The van der Waals surface area contributed by atoms with Gasteiger partial charge in [0.15, 0.2) is 0 Å². The van der Waals surface area contributed by atoms with Crippen LogP contribution in [-0.2, 0) is 9.59 Å². The molecule has 0 spiro atoms. The van der Waals surface area contributed by atoms with E-state index in [0.29, 0.717) is 5.78 Å². The standard InChI is InChI=1S/C21H28N2O3/c1-26-19-8-3-2-7-18(19)22-9-11-23(12-10-22)21(25)17-13-15-5-4-6-16(14-17)20(15)24/h2-3,7-8,15-17H,4-6,9-14H2,1H3. The number of ketones is 1. The van der Waals surface area contributed by atoms with Crippen LogP contribution in [0.4, 0.5) is 5.69 Å². The zero-order valence-corrected chi connectivity index (χ0v) is 15.5. The zero-order chi connectivity index (χ0) is 18.1. The SMILES string of the molecule is COc1ccccc1N1CCN(C(=O)C2CC3CCCC(C2)C3=O)CC1. The van der Waals surface area contributed by atoms with Crippen molar-refractivity contribution >= 4 is 17.4 Å². The quantitative estimate of drug-likeness (QED) is 0.836. The van der Waals surface area contributed by atoms with Crippen LogP contribution >= 0.6 is 0 Å². The van der Waals surface area contributed by atoms with Gasteiger partial charge in [-0.3, -0.25) is 9.59 Å². The number of para-hydroxylation sites is 2. The molecule has 1 aromatic rings. The van der Waals surface area contributed by atoms with E-state index in [0.717, 1.165) is 69.7 Å². The Morgan fingerprint density at radius 1 is 1.04 bits per heavy atom. The maximum Gasteiger partial charge on any atom is 0.225 e. The lowest BCUT2D eigenvalue weighted by molar-refractivity contribution is -0.143. The van der Waals surface area contributed by atoms with E-state index in [9.17, 15) is 9.59 Å². The molecule has 0 N–H and O–H groups in total. The van der Waals surface area contributed by atoms with Gasteiger partial charge in [0, 0.05) is 43.9 Å². The van der Waals surface area contributed by atoms with E-state index < -0.39 is 0 Å². The summed E-state index contributed by atoms with van der Waals surface area (Å²) in [7, 11) is 1.69. The van der Waals surface area contributed by atoms with Crippen molar-refractivity contribution in [2.45, 2.75) is 32.1 Å². The molecule has 2 aliphatic carbocycles. The molecule has 0 radical (unpaired) electrons. The highest BCUT2D eigenvalue weighted by atomic mass is 16.5. The lowest BCUT2D eigenvalue weighted by Crippen LogP contribution is -2.52. The van der Waals surface area contributed by atoms with Crippen LogP contribution in [0.15, 0.2) is 24.3 Å². The zero-order valence-electron chi connectivity index (χ0n) is 15.5. The predicted molar refractivity (Wildman–Crippen MR) is 100 cm³/mol. The van der Waals surface area contributed by atoms with Crippen molar-refractivity contribution in [2.75, 3.05) is 38.2 Å². The minimum absolute atomic E-state index is 0.0563. The van der Waals surface area contributed by atoms with E-state index in [2.05, 4.69) is 11.0 Å². The summed E-state index contributed by atoms with van der Waals surface area (Å²) >= 11 is 0. The Labute approximate surface area is 155 Å². The number of methoxy groups -OCH3 is 1. The summed E-state index contributed by atoms with van der Waals surface area (Å²) in [4.78, 5) is 29.6. The summed E-state index contributed by atoms with van der Waals surface area (Å²) < 4.78 is 5.47. The molecule has 1 amide bonds. The highest BCUT2D eigenvalue weighted by molar-refractivity contribution is 5.88. The number of rotatable bonds is 3. The van der Waals surface area contributed by atoms with E-state index in [-0.39, 0.29) is 23.7 Å².